The van der Waals surface area contributed by atoms with Crippen LogP contribution in [0, 0.1) is 6.92 Å². The molecule has 1 N–H and O–H groups in total. The van der Waals surface area contributed by atoms with Gasteiger partial charge < -0.3 is 9.52 Å². The number of aliphatic hydroxyl groups excluding tert-OH is 1. The van der Waals surface area contributed by atoms with Gasteiger partial charge in [0.05, 0.1) is 11.6 Å². The molecule has 1 heterocycles. The van der Waals surface area contributed by atoms with E-state index in [0.29, 0.717) is 23.8 Å². The smallest absolute Gasteiger partial charge is 0.283 e. The van der Waals surface area contributed by atoms with Gasteiger partial charge in [-0.05, 0) is 13.8 Å². The Kier molecular flexibility index (Phi) is 6.03. The third-order valence-corrected chi connectivity index (χ3v) is 3.24. The van der Waals surface area contributed by atoms with Crippen molar-refractivity contribution in [3.8, 4) is 0 Å². The van der Waals surface area contributed by atoms with Gasteiger partial charge in [-0.3, -0.25) is 0 Å². The minimum Gasteiger partial charge on any atom is -0.445 e. The van der Waals surface area contributed by atoms with Crippen LogP contribution in [-0.2, 0) is 6.42 Å². The molecular weight excluding hydrogens is 283 g/mol. The molecular formula is C14H20F2NO2P. The molecule has 6 heteroatoms. The van der Waals surface area contributed by atoms with Crippen LogP contribution in [0.5, 0.6) is 0 Å². The quantitative estimate of drug-likeness (QED) is 0.645. The number of alkyl halides is 2. The van der Waals surface area contributed by atoms with E-state index in [4.69, 9.17) is 9.52 Å². The number of rotatable bonds is 6. The van der Waals surface area contributed by atoms with Crippen molar-refractivity contribution in [2.75, 3.05) is 6.61 Å². The zero-order valence-corrected chi connectivity index (χ0v) is 13.0. The van der Waals surface area contributed by atoms with Crippen LogP contribution in [-0.4, -0.2) is 22.4 Å². The van der Waals surface area contributed by atoms with Gasteiger partial charge in [-0.1, -0.05) is 34.4 Å². The molecule has 0 bridgehead atoms. The molecule has 0 amide bonds. The van der Waals surface area contributed by atoms with Crippen LogP contribution >= 0.6 is 9.24 Å². The van der Waals surface area contributed by atoms with Crippen molar-refractivity contribution < 1.29 is 18.3 Å². The number of aromatic nitrogens is 1. The molecule has 0 aromatic carbocycles. The highest BCUT2D eigenvalue weighted by Gasteiger charge is 2.25. The van der Waals surface area contributed by atoms with Crippen LogP contribution in [0.4, 0.5) is 8.78 Å². The van der Waals surface area contributed by atoms with E-state index in [1.54, 1.807) is 19.9 Å². The van der Waals surface area contributed by atoms with Crippen LogP contribution < -0.4 is 0 Å². The SMILES string of the molecule is C/C=C(\C=C/C(C)c1nc(CCO)c(C)o1)C(F)(F)P. The van der Waals surface area contributed by atoms with Crippen LogP contribution in [0.15, 0.2) is 28.2 Å². The van der Waals surface area contributed by atoms with Crippen LogP contribution in [0.1, 0.15) is 37.1 Å². The van der Waals surface area contributed by atoms with E-state index in [9.17, 15) is 8.78 Å². The Hall–Kier alpha value is -1.06. The lowest BCUT2D eigenvalue weighted by molar-refractivity contribution is 0.151. The molecule has 1 aromatic heterocycles. The topological polar surface area (TPSA) is 46.3 Å². The van der Waals surface area contributed by atoms with E-state index in [0.717, 1.165) is 0 Å². The summed E-state index contributed by atoms with van der Waals surface area (Å²) in [4.78, 5) is 4.28. The monoisotopic (exact) mass is 303 g/mol. The van der Waals surface area contributed by atoms with E-state index in [1.165, 1.54) is 21.4 Å². The molecule has 1 aromatic rings. The van der Waals surface area contributed by atoms with Crippen molar-refractivity contribution in [2.45, 2.75) is 38.8 Å². The van der Waals surface area contributed by atoms with Gasteiger partial charge in [-0.25, -0.2) is 4.98 Å². The summed E-state index contributed by atoms with van der Waals surface area (Å²) >= 11 is 0. The fraction of sp³-hybridized carbons (Fsp3) is 0.500. The summed E-state index contributed by atoms with van der Waals surface area (Å²) < 4.78 is 31.9. The highest BCUT2D eigenvalue weighted by Crippen LogP contribution is 2.32. The summed E-state index contributed by atoms with van der Waals surface area (Å²) in [5, 5.41) is 8.90. The summed E-state index contributed by atoms with van der Waals surface area (Å²) in [6.45, 7) is 5.15. The van der Waals surface area contributed by atoms with Crippen molar-refractivity contribution in [2.24, 2.45) is 0 Å². The second-order valence-corrected chi connectivity index (χ2v) is 5.27. The highest BCUT2D eigenvalue weighted by atomic mass is 31.0. The van der Waals surface area contributed by atoms with Gasteiger partial charge in [-0.15, -0.1) is 0 Å². The molecule has 0 radical (unpaired) electrons. The molecule has 0 saturated carbocycles. The molecule has 0 saturated heterocycles. The second kappa shape index (κ2) is 7.09. The lowest BCUT2D eigenvalue weighted by atomic mass is 10.1. The Morgan fingerprint density at radius 2 is 2.20 bits per heavy atom. The summed E-state index contributed by atoms with van der Waals surface area (Å²) in [6, 6.07) is 0. The van der Waals surface area contributed by atoms with Crippen LogP contribution in [0.2, 0.25) is 0 Å². The molecule has 2 atom stereocenters. The van der Waals surface area contributed by atoms with Crippen molar-refractivity contribution in [3.05, 3.63) is 41.1 Å². The van der Waals surface area contributed by atoms with E-state index in [1.807, 2.05) is 6.92 Å². The number of oxazole rings is 1. The van der Waals surface area contributed by atoms with Gasteiger partial charge in [-0.2, -0.15) is 8.78 Å². The van der Waals surface area contributed by atoms with Crippen LogP contribution in [0.25, 0.3) is 0 Å². The molecule has 0 spiro atoms. The van der Waals surface area contributed by atoms with Gasteiger partial charge >= 0.3 is 0 Å². The lowest BCUT2D eigenvalue weighted by Crippen LogP contribution is -2.07. The minimum atomic E-state index is -2.94. The van der Waals surface area contributed by atoms with Crippen LogP contribution in [0.3, 0.4) is 0 Å². The molecule has 0 aliphatic rings. The van der Waals surface area contributed by atoms with E-state index >= 15 is 0 Å². The maximum Gasteiger partial charge on any atom is 0.283 e. The molecule has 20 heavy (non-hydrogen) atoms. The Labute approximate surface area is 120 Å². The molecule has 0 fully saturated rings. The molecule has 1 rings (SSSR count). The Morgan fingerprint density at radius 3 is 2.70 bits per heavy atom. The van der Waals surface area contributed by atoms with Gasteiger partial charge in [0.2, 0.25) is 5.89 Å². The number of halogens is 2. The maximum absolute atomic E-state index is 13.2. The maximum atomic E-state index is 13.2. The Balaban J connectivity index is 2.86. The first-order valence-corrected chi connectivity index (χ1v) is 6.96. The van der Waals surface area contributed by atoms with Gasteiger partial charge in [0.1, 0.15) is 5.76 Å². The average molecular weight is 303 g/mol. The summed E-state index contributed by atoms with van der Waals surface area (Å²) in [5.41, 5.74) is -2.32. The van der Waals surface area contributed by atoms with E-state index in [2.05, 4.69) is 4.98 Å². The number of aliphatic hydroxyl groups is 1. The first kappa shape index (κ1) is 17.0. The van der Waals surface area contributed by atoms with Crippen molar-refractivity contribution in [1.82, 2.24) is 4.98 Å². The largest absolute Gasteiger partial charge is 0.445 e. The number of aryl methyl sites for hydroxylation is 1. The number of nitrogens with zero attached hydrogens (tertiary/aromatic N) is 1. The number of allylic oxidation sites excluding steroid dienone is 4. The number of hydrogen-bond acceptors (Lipinski definition) is 3. The Bertz CT molecular complexity index is 504. The predicted molar refractivity (Wildman–Crippen MR) is 78.0 cm³/mol. The van der Waals surface area contributed by atoms with Crippen molar-refractivity contribution in [3.63, 3.8) is 0 Å². The van der Waals surface area contributed by atoms with E-state index < -0.39 is 5.66 Å². The second-order valence-electron chi connectivity index (χ2n) is 4.54. The summed E-state index contributed by atoms with van der Waals surface area (Å²) in [6.07, 6.45) is 4.80. The zero-order chi connectivity index (χ0) is 15.3. The summed E-state index contributed by atoms with van der Waals surface area (Å²) in [7, 11) is 1.52. The molecule has 0 aliphatic heterocycles. The van der Waals surface area contributed by atoms with Crippen molar-refractivity contribution in [1.29, 1.82) is 0 Å². The lowest BCUT2D eigenvalue weighted by Gasteiger charge is -2.11. The van der Waals surface area contributed by atoms with E-state index in [-0.39, 0.29) is 18.1 Å². The standard InChI is InChI=1S/C14H20F2NO2P/c1-4-11(14(15,16)20)6-5-9(2)13-17-12(7-8-18)10(3)19-13/h4-6,9,18H,7-8,20H2,1-3H3/b6-5-,11-4+. The Morgan fingerprint density at radius 1 is 1.55 bits per heavy atom. The molecule has 3 nitrogen and oxygen atoms in total. The van der Waals surface area contributed by atoms with Crippen molar-refractivity contribution >= 4 is 9.24 Å². The molecule has 0 aliphatic carbocycles. The van der Waals surface area contributed by atoms with Gasteiger partial charge in [0, 0.05) is 18.6 Å². The molecule has 2 unspecified atom stereocenters. The molecule has 112 valence electrons. The average Bonchev–Trinajstić information content (AvgIpc) is 2.70. The third kappa shape index (κ3) is 4.50. The summed E-state index contributed by atoms with van der Waals surface area (Å²) in [5.74, 6) is 0.894. The fourth-order valence-corrected chi connectivity index (χ4v) is 1.98. The predicted octanol–water partition coefficient (Wildman–Crippen LogP) is 3.59. The minimum absolute atomic E-state index is 0.000958. The van der Waals surface area contributed by atoms with Gasteiger partial charge in [0.25, 0.3) is 5.66 Å². The highest BCUT2D eigenvalue weighted by molar-refractivity contribution is 7.18. The fourth-order valence-electron chi connectivity index (χ4n) is 1.71. The number of hydrogen-bond donors (Lipinski definition) is 1. The normalized spacial score (nSPS) is 15.1. The third-order valence-electron chi connectivity index (χ3n) is 2.91. The zero-order valence-electron chi connectivity index (χ0n) is 11.9. The first-order valence-electron chi connectivity index (χ1n) is 6.38. The van der Waals surface area contributed by atoms with Gasteiger partial charge in [0.15, 0.2) is 0 Å². The first-order chi connectivity index (χ1) is 9.29.